The summed E-state index contributed by atoms with van der Waals surface area (Å²) in [5.41, 5.74) is 0.723. The van der Waals surface area contributed by atoms with E-state index in [1.54, 1.807) is 31.2 Å². The van der Waals surface area contributed by atoms with E-state index in [0.717, 1.165) is 5.69 Å². The van der Waals surface area contributed by atoms with Crippen molar-refractivity contribution in [1.29, 1.82) is 0 Å². The Morgan fingerprint density at radius 3 is 2.43 bits per heavy atom. The molecule has 0 unspecified atom stereocenters. The van der Waals surface area contributed by atoms with Crippen LogP contribution >= 0.6 is 0 Å². The molecule has 6 heteroatoms. The van der Waals surface area contributed by atoms with Gasteiger partial charge in [-0.25, -0.2) is 0 Å². The van der Waals surface area contributed by atoms with Crippen molar-refractivity contribution in [3.63, 3.8) is 0 Å². The summed E-state index contributed by atoms with van der Waals surface area (Å²) in [7, 11) is 0. The van der Waals surface area contributed by atoms with Crippen LogP contribution in [0.15, 0.2) is 24.3 Å². The maximum absolute atomic E-state index is 11.0. The van der Waals surface area contributed by atoms with Crippen LogP contribution in [-0.2, 0) is 19.1 Å². The number of hydrogen-bond acceptors (Lipinski definition) is 5. The molecule has 0 aliphatic heterocycles. The molecule has 0 atom stereocenters. The van der Waals surface area contributed by atoms with E-state index in [0.29, 0.717) is 32.2 Å². The molecule has 1 aromatic rings. The summed E-state index contributed by atoms with van der Waals surface area (Å²) in [4.78, 5) is 21.9. The van der Waals surface area contributed by atoms with E-state index in [9.17, 15) is 9.59 Å². The third-order valence-electron chi connectivity index (χ3n) is 2.43. The molecule has 0 aromatic heterocycles. The molecule has 1 aromatic carbocycles. The molecule has 0 fully saturated rings. The number of rotatable bonds is 9. The molecule has 6 nitrogen and oxygen atoms in total. The zero-order valence-corrected chi connectivity index (χ0v) is 12.4. The first-order valence-electron chi connectivity index (χ1n) is 6.85. The zero-order valence-electron chi connectivity index (χ0n) is 12.4. The highest BCUT2D eigenvalue weighted by Gasteiger charge is 2.01. The quantitative estimate of drug-likeness (QED) is 0.557. The van der Waals surface area contributed by atoms with Gasteiger partial charge < -0.3 is 19.5 Å². The number of nitrogens with one attached hydrogen (secondary N) is 1. The summed E-state index contributed by atoms with van der Waals surface area (Å²) in [6, 6.07) is 7.06. The van der Waals surface area contributed by atoms with Crippen molar-refractivity contribution in [1.82, 2.24) is 0 Å². The lowest BCUT2D eigenvalue weighted by Gasteiger charge is -2.08. The third-order valence-corrected chi connectivity index (χ3v) is 2.43. The Labute approximate surface area is 124 Å². The highest BCUT2D eigenvalue weighted by molar-refractivity contribution is 5.88. The van der Waals surface area contributed by atoms with Gasteiger partial charge in [0.2, 0.25) is 5.91 Å². The van der Waals surface area contributed by atoms with Crippen molar-refractivity contribution in [2.75, 3.05) is 31.7 Å². The minimum atomic E-state index is -0.257. The molecule has 0 saturated heterocycles. The average molecular weight is 295 g/mol. The van der Waals surface area contributed by atoms with Crippen LogP contribution in [0.2, 0.25) is 0 Å². The van der Waals surface area contributed by atoms with Crippen LogP contribution in [0.25, 0.3) is 0 Å². The maximum Gasteiger partial charge on any atom is 0.308 e. The summed E-state index contributed by atoms with van der Waals surface area (Å²) in [6.45, 7) is 4.72. The van der Waals surface area contributed by atoms with Crippen LogP contribution in [0.5, 0.6) is 5.75 Å². The van der Waals surface area contributed by atoms with E-state index in [2.05, 4.69) is 5.32 Å². The second-order valence-electron chi connectivity index (χ2n) is 4.22. The first-order valence-corrected chi connectivity index (χ1v) is 6.85. The summed E-state index contributed by atoms with van der Waals surface area (Å²) in [5.74, 6) is 0.323. The summed E-state index contributed by atoms with van der Waals surface area (Å²) in [6.07, 6.45) is 0.249. The van der Waals surface area contributed by atoms with Gasteiger partial charge in [-0.2, -0.15) is 0 Å². The second-order valence-corrected chi connectivity index (χ2v) is 4.22. The fourth-order valence-electron chi connectivity index (χ4n) is 1.55. The van der Waals surface area contributed by atoms with Crippen LogP contribution in [0, 0.1) is 0 Å². The molecule has 0 bridgehead atoms. The highest BCUT2D eigenvalue weighted by Crippen LogP contribution is 2.15. The van der Waals surface area contributed by atoms with Gasteiger partial charge in [-0.3, -0.25) is 9.59 Å². The molecule has 0 spiro atoms. The van der Waals surface area contributed by atoms with Gasteiger partial charge in [-0.05, 0) is 31.2 Å². The van der Waals surface area contributed by atoms with E-state index < -0.39 is 0 Å². The first kappa shape index (κ1) is 17.0. The van der Waals surface area contributed by atoms with Crippen LogP contribution in [0.3, 0.4) is 0 Å². The second kappa shape index (κ2) is 9.77. The monoisotopic (exact) mass is 295 g/mol. The van der Waals surface area contributed by atoms with Crippen molar-refractivity contribution >= 4 is 17.6 Å². The van der Waals surface area contributed by atoms with E-state index in [-0.39, 0.29) is 18.3 Å². The van der Waals surface area contributed by atoms with Gasteiger partial charge in [-0.15, -0.1) is 0 Å². The topological polar surface area (TPSA) is 73.9 Å². The minimum absolute atomic E-state index is 0.112. The Kier molecular flexibility index (Phi) is 7.89. The number of anilines is 1. The highest BCUT2D eigenvalue weighted by atomic mass is 16.5. The van der Waals surface area contributed by atoms with Gasteiger partial charge in [0.25, 0.3) is 0 Å². The van der Waals surface area contributed by atoms with Gasteiger partial charge in [0.05, 0.1) is 26.2 Å². The fraction of sp³-hybridized carbons (Fsp3) is 0.467. The van der Waals surface area contributed by atoms with Crippen molar-refractivity contribution in [2.45, 2.75) is 20.3 Å². The van der Waals surface area contributed by atoms with Crippen molar-refractivity contribution < 1.29 is 23.8 Å². The molecule has 0 heterocycles. The molecule has 0 saturated carbocycles. The SMILES string of the molecule is CCOC(=O)CCOCCOc1ccc(NC(C)=O)cc1. The fourth-order valence-corrected chi connectivity index (χ4v) is 1.55. The molecule has 0 aliphatic carbocycles. The number of carbonyl (C=O) groups is 2. The largest absolute Gasteiger partial charge is 0.491 e. The van der Waals surface area contributed by atoms with Gasteiger partial charge >= 0.3 is 5.97 Å². The van der Waals surface area contributed by atoms with Gasteiger partial charge in [0.15, 0.2) is 0 Å². The number of hydrogen-bond donors (Lipinski definition) is 1. The lowest BCUT2D eigenvalue weighted by molar-refractivity contribution is -0.144. The molecule has 0 radical (unpaired) electrons. The Morgan fingerprint density at radius 2 is 1.81 bits per heavy atom. The Morgan fingerprint density at radius 1 is 1.10 bits per heavy atom. The predicted octanol–water partition coefficient (Wildman–Crippen LogP) is 1.99. The molecular weight excluding hydrogens is 274 g/mol. The number of amides is 1. The average Bonchev–Trinajstić information content (AvgIpc) is 2.44. The molecule has 0 aliphatic rings. The van der Waals surface area contributed by atoms with Crippen LogP contribution < -0.4 is 10.1 Å². The Bertz CT molecular complexity index is 444. The first-order chi connectivity index (χ1) is 10.1. The smallest absolute Gasteiger partial charge is 0.308 e. The molecule has 21 heavy (non-hydrogen) atoms. The number of benzene rings is 1. The van der Waals surface area contributed by atoms with Crippen molar-refractivity contribution in [2.24, 2.45) is 0 Å². The number of ether oxygens (including phenoxy) is 3. The molecule has 1 rings (SSSR count). The molecule has 1 amide bonds. The minimum Gasteiger partial charge on any atom is -0.491 e. The number of carbonyl (C=O) groups excluding carboxylic acids is 2. The van der Waals surface area contributed by atoms with E-state index in [1.165, 1.54) is 6.92 Å². The Hall–Kier alpha value is -2.08. The summed E-state index contributed by atoms with van der Waals surface area (Å²) in [5, 5.41) is 2.67. The van der Waals surface area contributed by atoms with Crippen molar-refractivity contribution in [3.8, 4) is 5.75 Å². The predicted molar refractivity (Wildman–Crippen MR) is 78.3 cm³/mol. The molecular formula is C15H21NO5. The van der Waals surface area contributed by atoms with E-state index in [4.69, 9.17) is 14.2 Å². The maximum atomic E-state index is 11.0. The van der Waals surface area contributed by atoms with Gasteiger partial charge in [0.1, 0.15) is 12.4 Å². The third kappa shape index (κ3) is 7.94. The Balaban J connectivity index is 2.12. The van der Waals surface area contributed by atoms with Gasteiger partial charge in [-0.1, -0.05) is 0 Å². The lowest BCUT2D eigenvalue weighted by Crippen LogP contribution is -2.11. The molecule has 116 valence electrons. The summed E-state index contributed by atoms with van der Waals surface area (Å²) < 4.78 is 15.5. The molecule has 1 N–H and O–H groups in total. The number of esters is 1. The standard InChI is InChI=1S/C15H21NO5/c1-3-20-15(18)8-9-19-10-11-21-14-6-4-13(5-7-14)16-12(2)17/h4-7H,3,8-11H2,1-2H3,(H,16,17). The normalized spacial score (nSPS) is 10.0. The zero-order chi connectivity index (χ0) is 15.5. The van der Waals surface area contributed by atoms with Crippen LogP contribution in [-0.4, -0.2) is 38.3 Å². The van der Waals surface area contributed by atoms with Crippen molar-refractivity contribution in [3.05, 3.63) is 24.3 Å². The lowest BCUT2D eigenvalue weighted by atomic mass is 10.3. The van der Waals surface area contributed by atoms with Gasteiger partial charge in [0, 0.05) is 12.6 Å². The van der Waals surface area contributed by atoms with E-state index in [1.807, 2.05) is 0 Å². The van der Waals surface area contributed by atoms with E-state index >= 15 is 0 Å². The summed E-state index contributed by atoms with van der Waals surface area (Å²) >= 11 is 0. The van der Waals surface area contributed by atoms with Crippen LogP contribution in [0.1, 0.15) is 20.3 Å². The van der Waals surface area contributed by atoms with Crippen LogP contribution in [0.4, 0.5) is 5.69 Å².